The van der Waals surface area contributed by atoms with Crippen LogP contribution in [0.15, 0.2) is 19.1 Å². The van der Waals surface area contributed by atoms with Gasteiger partial charge in [0.25, 0.3) is 5.56 Å². The molecule has 0 amide bonds. The average molecular weight is 419 g/mol. The van der Waals surface area contributed by atoms with Crippen LogP contribution in [0, 0.1) is 0 Å². The Labute approximate surface area is 172 Å². The third-order valence-corrected chi connectivity index (χ3v) is 5.61. The van der Waals surface area contributed by atoms with Crippen molar-refractivity contribution in [3.8, 4) is 0 Å². The monoisotopic (exact) mass is 418 g/mol. The summed E-state index contributed by atoms with van der Waals surface area (Å²) in [7, 11) is 3.06. The average Bonchev–Trinajstić information content (AvgIpc) is 3.12. The van der Waals surface area contributed by atoms with Gasteiger partial charge in [0.05, 0.1) is 5.25 Å². The van der Waals surface area contributed by atoms with Gasteiger partial charge < -0.3 is 4.52 Å². The van der Waals surface area contributed by atoms with Gasteiger partial charge in [-0.1, -0.05) is 44.6 Å². The maximum Gasteiger partial charge on any atom is 0.332 e. The zero-order valence-electron chi connectivity index (χ0n) is 17.8. The lowest BCUT2D eigenvalue weighted by molar-refractivity contribution is 0.374. The van der Waals surface area contributed by atoms with Crippen molar-refractivity contribution in [1.82, 2.24) is 29.2 Å². The molecule has 9 nitrogen and oxygen atoms in total. The summed E-state index contributed by atoms with van der Waals surface area (Å²) in [4.78, 5) is 39.0. The summed E-state index contributed by atoms with van der Waals surface area (Å²) in [5.41, 5.74) is -0.880. The smallest absolute Gasteiger partial charge is 0.332 e. The summed E-state index contributed by atoms with van der Waals surface area (Å²) >= 11 is 1.35. The van der Waals surface area contributed by atoms with Gasteiger partial charge in [0.15, 0.2) is 11.5 Å². The highest BCUT2D eigenvalue weighted by molar-refractivity contribution is 7.99. The van der Waals surface area contributed by atoms with E-state index < -0.39 is 11.2 Å². The van der Waals surface area contributed by atoms with Gasteiger partial charge in [-0.05, 0) is 13.3 Å². The predicted molar refractivity (Wildman–Crippen MR) is 111 cm³/mol. The fourth-order valence-electron chi connectivity index (χ4n) is 2.83. The van der Waals surface area contributed by atoms with Crippen LogP contribution in [-0.2, 0) is 25.9 Å². The van der Waals surface area contributed by atoms with Gasteiger partial charge in [-0.3, -0.25) is 13.9 Å². The van der Waals surface area contributed by atoms with E-state index in [0.717, 1.165) is 17.4 Å². The first-order chi connectivity index (χ1) is 13.5. The fourth-order valence-corrected chi connectivity index (χ4v) is 3.79. The molecule has 1 atom stereocenters. The summed E-state index contributed by atoms with van der Waals surface area (Å²) in [6, 6.07) is 0. The lowest BCUT2D eigenvalue weighted by atomic mass is 9.96. The number of hydrogen-bond acceptors (Lipinski definition) is 8. The largest absolute Gasteiger partial charge is 0.338 e. The van der Waals surface area contributed by atoms with Gasteiger partial charge >= 0.3 is 5.69 Å². The number of rotatable bonds is 5. The standard InChI is InChI=1S/C19H26N6O3S/c1-8-9-11-20-14(28-23-11)10(2)29-15-12-13(21-17(22-15)19(3,4)5)24(6)18(27)25(7)16(12)26/h10H,8-9H2,1-7H3/t10-/m1/s1. The topological polar surface area (TPSA) is 109 Å². The van der Waals surface area contributed by atoms with E-state index in [1.807, 2.05) is 27.7 Å². The van der Waals surface area contributed by atoms with Crippen molar-refractivity contribution >= 4 is 22.8 Å². The van der Waals surface area contributed by atoms with Crippen molar-refractivity contribution in [2.24, 2.45) is 14.1 Å². The Balaban J connectivity index is 2.19. The molecule has 0 fully saturated rings. The Kier molecular flexibility index (Phi) is 5.66. The van der Waals surface area contributed by atoms with Gasteiger partial charge in [-0.25, -0.2) is 14.8 Å². The molecule has 0 bridgehead atoms. The molecule has 3 aromatic rings. The third kappa shape index (κ3) is 3.98. The molecule has 0 saturated carbocycles. The SMILES string of the molecule is CCCc1noc([C@@H](C)Sc2nc(C(C)(C)C)nc3c2c(=O)n(C)c(=O)n3C)n1. The molecule has 0 radical (unpaired) electrons. The normalized spacial score (nSPS) is 13.2. The minimum absolute atomic E-state index is 0.221. The highest BCUT2D eigenvalue weighted by Crippen LogP contribution is 2.36. The summed E-state index contributed by atoms with van der Waals surface area (Å²) < 4.78 is 7.85. The highest BCUT2D eigenvalue weighted by atomic mass is 32.2. The second kappa shape index (κ2) is 7.74. The number of hydrogen-bond donors (Lipinski definition) is 0. The number of thioether (sulfide) groups is 1. The van der Waals surface area contributed by atoms with Crippen LogP contribution < -0.4 is 11.2 Å². The lowest BCUT2D eigenvalue weighted by Gasteiger charge is -2.20. The molecule has 3 heterocycles. The van der Waals surface area contributed by atoms with Crippen LogP contribution in [0.1, 0.15) is 63.8 Å². The molecular formula is C19H26N6O3S. The van der Waals surface area contributed by atoms with Crippen molar-refractivity contribution in [3.63, 3.8) is 0 Å². The molecule has 0 aromatic carbocycles. The number of fused-ring (bicyclic) bond motifs is 1. The second-order valence-corrected chi connectivity index (χ2v) is 9.40. The van der Waals surface area contributed by atoms with Crippen LogP contribution >= 0.6 is 11.8 Å². The molecule has 0 spiro atoms. The second-order valence-electron chi connectivity index (χ2n) is 8.07. The Hall–Kier alpha value is -2.49. The van der Waals surface area contributed by atoms with Gasteiger partial charge in [-0.15, -0.1) is 0 Å². The maximum absolute atomic E-state index is 12.9. The Morgan fingerprint density at radius 1 is 1.10 bits per heavy atom. The quantitative estimate of drug-likeness (QED) is 0.459. The van der Waals surface area contributed by atoms with E-state index in [4.69, 9.17) is 4.52 Å². The molecule has 0 aliphatic carbocycles. The van der Waals surface area contributed by atoms with Crippen LogP contribution in [0.5, 0.6) is 0 Å². The van der Waals surface area contributed by atoms with Crippen molar-refractivity contribution in [2.45, 2.75) is 63.2 Å². The van der Waals surface area contributed by atoms with Gasteiger partial charge in [-0.2, -0.15) is 4.98 Å². The van der Waals surface area contributed by atoms with E-state index in [1.54, 1.807) is 7.05 Å². The van der Waals surface area contributed by atoms with E-state index >= 15 is 0 Å². The van der Waals surface area contributed by atoms with Gasteiger partial charge in [0.1, 0.15) is 16.2 Å². The van der Waals surface area contributed by atoms with E-state index in [9.17, 15) is 9.59 Å². The summed E-state index contributed by atoms with van der Waals surface area (Å²) in [6.45, 7) is 9.93. The van der Waals surface area contributed by atoms with Crippen molar-refractivity contribution in [3.05, 3.63) is 38.4 Å². The molecular weight excluding hydrogens is 392 g/mol. The molecule has 29 heavy (non-hydrogen) atoms. The van der Waals surface area contributed by atoms with E-state index in [2.05, 4.69) is 27.0 Å². The summed E-state index contributed by atoms with van der Waals surface area (Å²) in [5.74, 6) is 1.69. The van der Waals surface area contributed by atoms with E-state index in [0.29, 0.717) is 33.6 Å². The number of aromatic nitrogens is 6. The lowest BCUT2D eigenvalue weighted by Crippen LogP contribution is -2.38. The zero-order valence-corrected chi connectivity index (χ0v) is 18.6. The van der Waals surface area contributed by atoms with Crippen LogP contribution in [-0.4, -0.2) is 29.2 Å². The summed E-state index contributed by atoms with van der Waals surface area (Å²) in [5, 5.41) is 4.59. The zero-order chi connectivity index (χ0) is 21.5. The van der Waals surface area contributed by atoms with E-state index in [1.165, 1.54) is 23.4 Å². The van der Waals surface area contributed by atoms with Crippen molar-refractivity contribution in [1.29, 1.82) is 0 Å². The van der Waals surface area contributed by atoms with Gasteiger partial charge in [0.2, 0.25) is 5.89 Å². The minimum atomic E-state index is -0.425. The first-order valence-corrected chi connectivity index (χ1v) is 10.4. The maximum atomic E-state index is 12.9. The fraction of sp³-hybridized carbons (Fsp3) is 0.579. The van der Waals surface area contributed by atoms with Crippen molar-refractivity contribution in [2.75, 3.05) is 0 Å². The molecule has 0 unspecified atom stereocenters. The third-order valence-electron chi connectivity index (χ3n) is 4.53. The molecule has 0 N–H and O–H groups in total. The van der Waals surface area contributed by atoms with Crippen LogP contribution in [0.4, 0.5) is 0 Å². The Morgan fingerprint density at radius 3 is 2.41 bits per heavy atom. The molecule has 156 valence electrons. The van der Waals surface area contributed by atoms with E-state index in [-0.39, 0.29) is 10.7 Å². The number of aryl methyl sites for hydroxylation is 2. The molecule has 0 aliphatic heterocycles. The molecule has 3 rings (SSSR count). The Morgan fingerprint density at radius 2 is 1.79 bits per heavy atom. The first kappa shape index (κ1) is 21.2. The molecule has 0 aliphatic rings. The van der Waals surface area contributed by atoms with Crippen LogP contribution in [0.2, 0.25) is 0 Å². The Bertz CT molecular complexity index is 1170. The predicted octanol–water partition coefficient (Wildman–Crippen LogP) is 2.51. The van der Waals surface area contributed by atoms with Crippen LogP contribution in [0.25, 0.3) is 11.0 Å². The van der Waals surface area contributed by atoms with Crippen LogP contribution in [0.3, 0.4) is 0 Å². The van der Waals surface area contributed by atoms with Gasteiger partial charge in [0, 0.05) is 25.9 Å². The summed E-state index contributed by atoms with van der Waals surface area (Å²) in [6.07, 6.45) is 1.67. The highest BCUT2D eigenvalue weighted by Gasteiger charge is 2.26. The number of nitrogens with zero attached hydrogens (tertiary/aromatic N) is 6. The minimum Gasteiger partial charge on any atom is -0.338 e. The first-order valence-electron chi connectivity index (χ1n) is 9.52. The molecule has 0 saturated heterocycles. The van der Waals surface area contributed by atoms with Crippen molar-refractivity contribution < 1.29 is 4.52 Å². The molecule has 10 heteroatoms. The molecule has 3 aromatic heterocycles.